The van der Waals surface area contributed by atoms with Gasteiger partial charge in [0.25, 0.3) is 0 Å². The van der Waals surface area contributed by atoms with Crippen molar-refractivity contribution in [3.05, 3.63) is 459 Å². The summed E-state index contributed by atoms with van der Waals surface area (Å²) in [5.74, 6) is 0. The normalized spacial score (nSPS) is 11.5. The van der Waals surface area contributed by atoms with Crippen LogP contribution in [0.25, 0.3) is 242 Å². The molecule has 0 atom stereocenters. The molecule has 0 spiro atoms. The standard InChI is InChI=1S/4C31H18N2O/c32-19-25-20(17-18-30-31(25)24-12-4-8-16-29(24)34-30)21-9-1-5-13-26(21)33-27-14-6-2-10-22(27)23-11-3-7-15-28(23)33;32-19-21-8-7-12-25-26-18-20(16-17-30(26)34-31(21)25)22-9-1-4-13-27(22)33-28-14-5-2-10-23(28)24-11-3-6-15-29(24)33;32-19-21-8-7-15-30-31(21)25-18-20(16-17-29(25)34-30)22-9-1-4-12-26(22)33-27-13-5-2-10-23(27)24-11-3-6-14-28(24)33;32-19-20-13-15-25-26-18-21(14-16-30(26)34-31(25)17-20)22-7-1-4-10-27(22)33-28-11-5-2-8-23(28)24-9-3-6-12-29(24)33/h4*1-18H. The largest absolute Gasteiger partial charge is 0.456 e. The Hall–Kier alpha value is -19.2. The second kappa shape index (κ2) is 32.4. The topological polar surface area (TPSA) is 167 Å². The average molecular weight is 1740 g/mol. The van der Waals surface area contributed by atoms with Gasteiger partial charge in [-0.2, -0.15) is 21.0 Å². The summed E-state index contributed by atoms with van der Waals surface area (Å²) >= 11 is 0. The lowest BCUT2D eigenvalue weighted by atomic mass is 9.95. The van der Waals surface area contributed by atoms with Gasteiger partial charge in [0.15, 0.2) is 5.58 Å². The van der Waals surface area contributed by atoms with Crippen molar-refractivity contribution in [1.82, 2.24) is 18.3 Å². The molecule has 0 fully saturated rings. The fourth-order valence-corrected chi connectivity index (χ4v) is 20.7. The van der Waals surface area contributed by atoms with Crippen molar-refractivity contribution in [2.24, 2.45) is 0 Å². The first-order chi connectivity index (χ1) is 67.3. The van der Waals surface area contributed by atoms with Crippen LogP contribution in [-0.4, -0.2) is 18.3 Å². The molecule has 0 saturated carbocycles. The summed E-state index contributed by atoms with van der Waals surface area (Å²) in [4.78, 5) is 0. The maximum atomic E-state index is 10.3. The Kier molecular flexibility index (Phi) is 18.8. The maximum Gasteiger partial charge on any atom is 0.153 e. The Morgan fingerprint density at radius 2 is 0.493 bits per heavy atom. The highest BCUT2D eigenvalue weighted by atomic mass is 16.3. The Morgan fingerprint density at radius 3 is 0.926 bits per heavy atom. The smallest absolute Gasteiger partial charge is 0.153 e. The van der Waals surface area contributed by atoms with Crippen LogP contribution < -0.4 is 0 Å². The SMILES string of the molecule is N#Cc1c(-c2ccccc2-n2c3ccccc3c3ccccc32)ccc2oc3ccccc3c12.N#Cc1ccc2c(c1)oc1ccc(-c3ccccc3-n3c4ccccc4c4ccccc43)cc12.N#Cc1cccc2c1oc1ccc(-c3ccccc3-n3c4ccccc4c4ccccc43)cc12.N#Cc1cccc2oc3ccc(-c4ccccc4-n4c5ccccc5c5ccccc54)cc3c12. The molecule has 136 heavy (non-hydrogen) atoms. The lowest BCUT2D eigenvalue weighted by Gasteiger charge is -2.15. The molecule has 0 N–H and O–H groups in total. The van der Waals surface area contributed by atoms with Crippen LogP contribution in [0.4, 0.5) is 0 Å². The van der Waals surface area contributed by atoms with E-state index in [1.807, 2.05) is 103 Å². The molecule has 0 aliphatic rings. The van der Waals surface area contributed by atoms with Gasteiger partial charge in [-0.05, 0) is 180 Å². The van der Waals surface area contributed by atoms with Crippen LogP contribution in [0.15, 0.2) is 454 Å². The number of furan rings is 4. The molecule has 0 saturated heterocycles. The number of nitriles is 4. The Labute approximate surface area is 777 Å². The summed E-state index contributed by atoms with van der Waals surface area (Å²) in [5.41, 5.74) is 30.9. The zero-order valence-corrected chi connectivity index (χ0v) is 72.8. The van der Waals surface area contributed by atoms with Crippen LogP contribution in [0, 0.1) is 45.3 Å². The quantitative estimate of drug-likeness (QED) is 0.145. The molecular weight excluding hydrogens is 1670 g/mol. The van der Waals surface area contributed by atoms with Crippen LogP contribution in [0.1, 0.15) is 22.3 Å². The fraction of sp³-hybridized carbons (Fsp3) is 0. The second-order valence-electron chi connectivity index (χ2n) is 34.0. The summed E-state index contributed by atoms with van der Waals surface area (Å²) in [6.07, 6.45) is 0. The first kappa shape index (κ1) is 79.0. The number of rotatable bonds is 8. The van der Waals surface area contributed by atoms with Gasteiger partial charge in [0.1, 0.15) is 51.2 Å². The van der Waals surface area contributed by atoms with Crippen LogP contribution in [0.5, 0.6) is 0 Å². The fourth-order valence-electron chi connectivity index (χ4n) is 20.7. The van der Waals surface area contributed by atoms with E-state index in [0.717, 1.165) is 160 Å². The molecule has 12 heteroatoms. The summed E-state index contributed by atoms with van der Waals surface area (Å²) in [6.45, 7) is 0. The molecule has 632 valence electrons. The summed E-state index contributed by atoms with van der Waals surface area (Å²) in [7, 11) is 0. The Bertz CT molecular complexity index is 9780. The minimum atomic E-state index is 0.556. The van der Waals surface area contributed by atoms with Crippen molar-refractivity contribution in [2.75, 3.05) is 0 Å². The van der Waals surface area contributed by atoms with Gasteiger partial charge in [-0.3, -0.25) is 0 Å². The zero-order valence-electron chi connectivity index (χ0n) is 72.8. The van der Waals surface area contributed by atoms with E-state index in [1.165, 1.54) is 76.2 Å². The van der Waals surface area contributed by atoms with Gasteiger partial charge in [-0.15, -0.1) is 0 Å². The molecule has 8 aromatic heterocycles. The molecule has 28 aromatic rings. The molecule has 28 rings (SSSR count). The predicted molar refractivity (Wildman–Crippen MR) is 553 cm³/mol. The number of aromatic nitrogens is 4. The van der Waals surface area contributed by atoms with E-state index < -0.39 is 0 Å². The molecule has 0 unspecified atom stereocenters. The number of nitrogens with zero attached hydrogens (tertiary/aromatic N) is 8. The van der Waals surface area contributed by atoms with E-state index in [2.05, 4.69) is 364 Å². The summed E-state index contributed by atoms with van der Waals surface area (Å²) < 4.78 is 33.6. The molecule has 0 bridgehead atoms. The maximum absolute atomic E-state index is 10.3. The van der Waals surface area contributed by atoms with Gasteiger partial charge >= 0.3 is 0 Å². The first-order valence-corrected chi connectivity index (χ1v) is 45.1. The Morgan fingerprint density at radius 1 is 0.176 bits per heavy atom. The third-order valence-corrected chi connectivity index (χ3v) is 26.6. The highest BCUT2D eigenvalue weighted by Crippen LogP contribution is 2.47. The number of hydrogen-bond acceptors (Lipinski definition) is 8. The van der Waals surface area contributed by atoms with E-state index in [4.69, 9.17) is 17.7 Å². The summed E-state index contributed by atoms with van der Waals surface area (Å²) in [6, 6.07) is 159. The molecule has 0 aliphatic carbocycles. The third-order valence-electron chi connectivity index (χ3n) is 26.6. The first-order valence-electron chi connectivity index (χ1n) is 45.1. The number of fused-ring (bicyclic) bond motifs is 24. The van der Waals surface area contributed by atoms with Crippen molar-refractivity contribution >= 4 is 175 Å². The lowest BCUT2D eigenvalue weighted by molar-refractivity contribution is 0.667. The van der Waals surface area contributed by atoms with E-state index in [9.17, 15) is 21.0 Å². The van der Waals surface area contributed by atoms with Crippen molar-refractivity contribution in [3.8, 4) is 91.5 Å². The number of benzene rings is 20. The van der Waals surface area contributed by atoms with Crippen LogP contribution in [0.3, 0.4) is 0 Å². The summed E-state index contributed by atoms with van der Waals surface area (Å²) in [5, 5.41) is 56.3. The molecular formula is C124H72N8O4. The number of hydrogen-bond donors (Lipinski definition) is 0. The van der Waals surface area contributed by atoms with Gasteiger partial charge in [-0.1, -0.05) is 273 Å². The van der Waals surface area contributed by atoms with E-state index in [-0.39, 0.29) is 0 Å². The van der Waals surface area contributed by atoms with Crippen LogP contribution in [-0.2, 0) is 0 Å². The molecule has 20 aromatic carbocycles. The van der Waals surface area contributed by atoms with E-state index in [1.54, 1.807) is 12.1 Å². The predicted octanol–water partition coefficient (Wildman–Crippen LogP) is 32.9. The zero-order chi connectivity index (χ0) is 90.6. The van der Waals surface area contributed by atoms with Crippen LogP contribution >= 0.6 is 0 Å². The highest BCUT2D eigenvalue weighted by Gasteiger charge is 2.25. The van der Waals surface area contributed by atoms with Crippen molar-refractivity contribution < 1.29 is 17.7 Å². The van der Waals surface area contributed by atoms with Gasteiger partial charge < -0.3 is 35.9 Å². The van der Waals surface area contributed by atoms with E-state index >= 15 is 0 Å². The van der Waals surface area contributed by atoms with Crippen molar-refractivity contribution in [1.29, 1.82) is 21.0 Å². The van der Waals surface area contributed by atoms with Crippen LogP contribution in [0.2, 0.25) is 0 Å². The van der Waals surface area contributed by atoms with Crippen molar-refractivity contribution in [3.63, 3.8) is 0 Å². The monoisotopic (exact) mass is 1740 g/mol. The molecule has 12 nitrogen and oxygen atoms in total. The lowest BCUT2D eigenvalue weighted by Crippen LogP contribution is -1.98. The van der Waals surface area contributed by atoms with Crippen molar-refractivity contribution in [2.45, 2.75) is 0 Å². The van der Waals surface area contributed by atoms with Gasteiger partial charge in [0, 0.05) is 114 Å². The van der Waals surface area contributed by atoms with Gasteiger partial charge in [-0.25, -0.2) is 0 Å². The minimum Gasteiger partial charge on any atom is -0.456 e. The van der Waals surface area contributed by atoms with Gasteiger partial charge in [0.2, 0.25) is 0 Å². The minimum absolute atomic E-state index is 0.556. The molecule has 0 radical (unpaired) electrons. The molecule has 8 heterocycles. The second-order valence-corrected chi connectivity index (χ2v) is 34.0. The Balaban J connectivity index is 0.0000000965. The molecule has 0 aliphatic heterocycles. The van der Waals surface area contributed by atoms with Gasteiger partial charge in [0.05, 0.1) is 101 Å². The average Bonchev–Trinajstić information content (AvgIpc) is 1.59. The number of para-hydroxylation sites is 14. The van der Waals surface area contributed by atoms with E-state index in [0.29, 0.717) is 27.8 Å². The highest BCUT2D eigenvalue weighted by molar-refractivity contribution is 6.17. The third kappa shape index (κ3) is 12.8. The molecule has 0 amide bonds.